The van der Waals surface area contributed by atoms with E-state index in [0.717, 1.165) is 0 Å². The third kappa shape index (κ3) is 5.44. The third-order valence-corrected chi connectivity index (χ3v) is 3.16. The predicted molar refractivity (Wildman–Crippen MR) is 74.4 cm³/mol. The molecule has 1 heterocycles. The fourth-order valence-corrected chi connectivity index (χ4v) is 1.84. The number of alkyl carbamates (subject to hydrolysis) is 1. The van der Waals surface area contributed by atoms with Crippen LogP contribution in [0.4, 0.5) is 4.79 Å². The van der Waals surface area contributed by atoms with Crippen molar-refractivity contribution in [2.75, 3.05) is 13.2 Å². The van der Waals surface area contributed by atoms with Crippen LogP contribution in [0.1, 0.15) is 6.92 Å². The minimum absolute atomic E-state index is 0.0922. The molecule has 5 N–H and O–H groups in total. The standard InChI is InChI=1S/C13H21NO9/c1-3-4-21-13(20)14-7(11(18)19)5-22-12-10(17)9(16)8(15)6(2)23-12/h3,6-10,12,15-17H,1,4-5H2,2H3,(H,14,20)(H,18,19)/t6-,7+,8+,9+,10-,12-/m1/s1. The number of rotatable bonds is 7. The van der Waals surface area contributed by atoms with Gasteiger partial charge in [0.2, 0.25) is 0 Å². The molecular weight excluding hydrogens is 314 g/mol. The van der Waals surface area contributed by atoms with Crippen molar-refractivity contribution in [2.24, 2.45) is 0 Å². The van der Waals surface area contributed by atoms with Crippen molar-refractivity contribution in [3.8, 4) is 0 Å². The summed E-state index contributed by atoms with van der Waals surface area (Å²) < 4.78 is 14.8. The lowest BCUT2D eigenvalue weighted by atomic mass is 10.00. The molecule has 1 aliphatic rings. The van der Waals surface area contributed by atoms with E-state index in [1.165, 1.54) is 13.0 Å². The van der Waals surface area contributed by atoms with E-state index < -0.39 is 55.4 Å². The summed E-state index contributed by atoms with van der Waals surface area (Å²) in [5.74, 6) is -1.39. The molecule has 1 fully saturated rings. The molecule has 10 nitrogen and oxygen atoms in total. The molecule has 1 aliphatic heterocycles. The van der Waals surface area contributed by atoms with Gasteiger partial charge in [-0.3, -0.25) is 0 Å². The zero-order chi connectivity index (χ0) is 17.6. The van der Waals surface area contributed by atoms with Gasteiger partial charge >= 0.3 is 12.1 Å². The van der Waals surface area contributed by atoms with Gasteiger partial charge in [0.25, 0.3) is 0 Å². The van der Waals surface area contributed by atoms with E-state index >= 15 is 0 Å². The van der Waals surface area contributed by atoms with Gasteiger partial charge in [-0.1, -0.05) is 12.7 Å². The first kappa shape index (κ1) is 19.3. The summed E-state index contributed by atoms with van der Waals surface area (Å²) in [4.78, 5) is 22.4. The highest BCUT2D eigenvalue weighted by Gasteiger charge is 2.42. The normalized spacial score (nSPS) is 31.9. The van der Waals surface area contributed by atoms with E-state index in [4.69, 9.17) is 14.6 Å². The van der Waals surface area contributed by atoms with Gasteiger partial charge in [-0.2, -0.15) is 0 Å². The van der Waals surface area contributed by atoms with Crippen molar-refractivity contribution in [3.63, 3.8) is 0 Å². The second-order valence-corrected chi connectivity index (χ2v) is 4.94. The molecule has 6 atom stereocenters. The van der Waals surface area contributed by atoms with Crippen LogP contribution < -0.4 is 5.32 Å². The molecule has 0 aromatic rings. The Hall–Kier alpha value is -1.72. The molecular formula is C13H21NO9. The quantitative estimate of drug-likeness (QED) is 0.339. The Balaban J connectivity index is 2.56. The SMILES string of the molecule is C=CCOC(=O)N[C@@H](CO[C@@H]1O[C@H](C)[C@H](O)[C@H](O)[C@H]1O)C(=O)O. The smallest absolute Gasteiger partial charge is 0.408 e. The number of aliphatic hydroxyl groups is 3. The molecule has 0 radical (unpaired) electrons. The Labute approximate surface area is 132 Å². The number of nitrogens with one attached hydrogen (secondary N) is 1. The van der Waals surface area contributed by atoms with Crippen molar-refractivity contribution in [1.82, 2.24) is 5.32 Å². The fourth-order valence-electron chi connectivity index (χ4n) is 1.84. The maximum absolute atomic E-state index is 11.3. The summed E-state index contributed by atoms with van der Waals surface area (Å²) in [7, 11) is 0. The summed E-state index contributed by atoms with van der Waals surface area (Å²) in [6, 6.07) is -1.46. The molecule has 0 saturated carbocycles. The molecule has 1 rings (SSSR count). The van der Waals surface area contributed by atoms with Crippen molar-refractivity contribution in [1.29, 1.82) is 0 Å². The minimum Gasteiger partial charge on any atom is -0.480 e. The largest absolute Gasteiger partial charge is 0.480 e. The molecule has 0 unspecified atom stereocenters. The zero-order valence-corrected chi connectivity index (χ0v) is 12.5. The minimum atomic E-state index is -1.57. The maximum atomic E-state index is 11.3. The fraction of sp³-hybridized carbons (Fsp3) is 0.692. The first-order valence-corrected chi connectivity index (χ1v) is 6.86. The van der Waals surface area contributed by atoms with E-state index in [1.54, 1.807) is 0 Å². The van der Waals surface area contributed by atoms with Gasteiger partial charge in [-0.25, -0.2) is 9.59 Å². The first-order valence-electron chi connectivity index (χ1n) is 6.86. The number of aliphatic carboxylic acids is 1. The highest BCUT2D eigenvalue weighted by Crippen LogP contribution is 2.21. The zero-order valence-electron chi connectivity index (χ0n) is 12.5. The summed E-state index contributed by atoms with van der Waals surface area (Å²) >= 11 is 0. The number of aliphatic hydroxyl groups excluding tert-OH is 3. The molecule has 1 amide bonds. The lowest BCUT2D eigenvalue weighted by molar-refractivity contribution is -0.293. The average Bonchev–Trinajstić information content (AvgIpc) is 2.51. The maximum Gasteiger partial charge on any atom is 0.408 e. The molecule has 132 valence electrons. The number of carbonyl (C=O) groups excluding carboxylic acids is 1. The summed E-state index contributed by atoms with van der Waals surface area (Å²) in [6.45, 7) is 4.15. The van der Waals surface area contributed by atoms with E-state index in [1.807, 2.05) is 0 Å². The number of ether oxygens (including phenoxy) is 3. The molecule has 0 aromatic heterocycles. The van der Waals surface area contributed by atoms with E-state index in [9.17, 15) is 24.9 Å². The summed E-state index contributed by atoms with van der Waals surface area (Å²) in [5.41, 5.74) is 0. The van der Waals surface area contributed by atoms with Crippen LogP contribution in [0.25, 0.3) is 0 Å². The van der Waals surface area contributed by atoms with Crippen molar-refractivity contribution in [3.05, 3.63) is 12.7 Å². The molecule has 1 saturated heterocycles. The van der Waals surface area contributed by atoms with Crippen molar-refractivity contribution >= 4 is 12.1 Å². The number of carboxylic acids is 1. The number of amides is 1. The summed E-state index contributed by atoms with van der Waals surface area (Å²) in [5, 5.41) is 40.0. The number of hydrogen-bond donors (Lipinski definition) is 5. The topological polar surface area (TPSA) is 155 Å². The second-order valence-electron chi connectivity index (χ2n) is 4.94. The Morgan fingerprint density at radius 3 is 2.52 bits per heavy atom. The van der Waals surface area contributed by atoms with Crippen molar-refractivity contribution < 1.29 is 44.2 Å². The molecule has 23 heavy (non-hydrogen) atoms. The highest BCUT2D eigenvalue weighted by atomic mass is 16.7. The summed E-state index contributed by atoms with van der Waals surface area (Å²) in [6.07, 6.45) is -6.21. The lowest BCUT2D eigenvalue weighted by Crippen LogP contribution is -2.58. The van der Waals surface area contributed by atoms with Crippen LogP contribution in [-0.2, 0) is 19.0 Å². The van der Waals surface area contributed by atoms with Crippen LogP contribution >= 0.6 is 0 Å². The molecule has 0 aromatic carbocycles. The van der Waals surface area contributed by atoms with Gasteiger partial charge in [0.1, 0.15) is 24.9 Å². The molecule has 0 spiro atoms. The number of hydrogen-bond acceptors (Lipinski definition) is 8. The van der Waals surface area contributed by atoms with E-state index in [2.05, 4.69) is 16.6 Å². The molecule has 0 bridgehead atoms. The Morgan fingerprint density at radius 2 is 1.96 bits per heavy atom. The van der Waals surface area contributed by atoms with Crippen LogP contribution in [-0.4, -0.2) is 82.5 Å². The Bertz CT molecular complexity index is 430. The highest BCUT2D eigenvalue weighted by molar-refractivity contribution is 5.80. The van der Waals surface area contributed by atoms with Gasteiger partial charge in [0.05, 0.1) is 12.7 Å². The second kappa shape index (κ2) is 8.79. The number of carboxylic acid groups (broad SMARTS) is 1. The third-order valence-electron chi connectivity index (χ3n) is 3.16. The van der Waals surface area contributed by atoms with Crippen molar-refractivity contribution in [2.45, 2.75) is 43.7 Å². The number of carbonyl (C=O) groups is 2. The van der Waals surface area contributed by atoms with Gasteiger partial charge in [-0.05, 0) is 6.92 Å². The predicted octanol–water partition coefficient (Wildman–Crippen LogP) is -1.80. The van der Waals surface area contributed by atoms with Gasteiger partial charge in [-0.15, -0.1) is 0 Å². The average molecular weight is 335 g/mol. The monoisotopic (exact) mass is 335 g/mol. The van der Waals surface area contributed by atoms with Crippen LogP contribution in [0.2, 0.25) is 0 Å². The lowest BCUT2D eigenvalue weighted by Gasteiger charge is -2.39. The van der Waals surface area contributed by atoms with Gasteiger partial charge < -0.3 is 40.0 Å². The van der Waals surface area contributed by atoms with Crippen LogP contribution in [0, 0.1) is 0 Å². The van der Waals surface area contributed by atoms with Gasteiger partial charge in [0.15, 0.2) is 12.3 Å². The Kier molecular flexibility index (Phi) is 7.39. The van der Waals surface area contributed by atoms with E-state index in [-0.39, 0.29) is 6.61 Å². The van der Waals surface area contributed by atoms with Crippen LogP contribution in [0.3, 0.4) is 0 Å². The van der Waals surface area contributed by atoms with Crippen LogP contribution in [0.5, 0.6) is 0 Å². The Morgan fingerprint density at radius 1 is 1.30 bits per heavy atom. The molecule has 0 aliphatic carbocycles. The molecule has 10 heteroatoms. The first-order chi connectivity index (χ1) is 10.8. The van der Waals surface area contributed by atoms with Gasteiger partial charge in [0, 0.05) is 0 Å². The van der Waals surface area contributed by atoms with Crippen LogP contribution in [0.15, 0.2) is 12.7 Å². The van der Waals surface area contributed by atoms with E-state index in [0.29, 0.717) is 0 Å².